The number of hydrogen-bond acceptors (Lipinski definition) is 3. The van der Waals surface area contributed by atoms with Crippen LogP contribution in [0.15, 0.2) is 18.2 Å². The van der Waals surface area contributed by atoms with Crippen molar-refractivity contribution in [3.05, 3.63) is 23.8 Å². The highest BCUT2D eigenvalue weighted by atomic mass is 16.1. The molecule has 0 radical (unpaired) electrons. The van der Waals surface area contributed by atoms with Gasteiger partial charge in [-0.1, -0.05) is 12.1 Å². The summed E-state index contributed by atoms with van der Waals surface area (Å²) < 4.78 is 0. The minimum Gasteiger partial charge on any atom is -0.397 e. The summed E-state index contributed by atoms with van der Waals surface area (Å²) in [4.78, 5) is 10.5. The van der Waals surface area contributed by atoms with Crippen LogP contribution >= 0.6 is 0 Å². The molecule has 4 nitrogen and oxygen atoms in total. The second-order valence-corrected chi connectivity index (χ2v) is 3.54. The van der Waals surface area contributed by atoms with Crippen molar-refractivity contribution >= 4 is 17.3 Å². The van der Waals surface area contributed by atoms with Crippen LogP contribution < -0.4 is 16.8 Å². The predicted molar refractivity (Wildman–Crippen MR) is 62.5 cm³/mol. The first kappa shape index (κ1) is 11.4. The van der Waals surface area contributed by atoms with Crippen molar-refractivity contribution in [3.63, 3.8) is 0 Å². The summed E-state index contributed by atoms with van der Waals surface area (Å²) in [5, 5.41) is 3.20. The molecule has 1 aromatic rings. The first-order chi connectivity index (χ1) is 7.11. The zero-order chi connectivity index (χ0) is 11.3. The summed E-state index contributed by atoms with van der Waals surface area (Å²) in [6.45, 7) is 2.70. The van der Waals surface area contributed by atoms with Crippen LogP contribution in [0.5, 0.6) is 0 Å². The number of benzene rings is 1. The lowest BCUT2D eigenvalue weighted by Crippen LogP contribution is -2.13. The number of amides is 1. The Morgan fingerprint density at radius 2 is 2.20 bits per heavy atom. The lowest BCUT2D eigenvalue weighted by molar-refractivity contribution is -0.118. The van der Waals surface area contributed by atoms with E-state index in [-0.39, 0.29) is 5.91 Å². The van der Waals surface area contributed by atoms with E-state index in [4.69, 9.17) is 11.5 Å². The average Bonchev–Trinajstić information content (AvgIpc) is 2.15. The van der Waals surface area contributed by atoms with E-state index in [2.05, 4.69) is 5.32 Å². The first-order valence-corrected chi connectivity index (χ1v) is 4.98. The Hall–Kier alpha value is -1.71. The molecule has 1 amide bonds. The highest BCUT2D eigenvalue weighted by Crippen LogP contribution is 2.22. The van der Waals surface area contributed by atoms with Gasteiger partial charge in [-0.2, -0.15) is 0 Å². The highest BCUT2D eigenvalue weighted by molar-refractivity contribution is 5.74. The van der Waals surface area contributed by atoms with E-state index in [1.165, 1.54) is 0 Å². The van der Waals surface area contributed by atoms with Gasteiger partial charge in [0.25, 0.3) is 0 Å². The van der Waals surface area contributed by atoms with E-state index in [1.807, 2.05) is 25.1 Å². The predicted octanol–water partition coefficient (Wildman–Crippen LogP) is 1.25. The summed E-state index contributed by atoms with van der Waals surface area (Å²) in [6.07, 6.45) is 1.13. The van der Waals surface area contributed by atoms with Crippen molar-refractivity contribution in [2.75, 3.05) is 17.6 Å². The number of hydrogen-bond donors (Lipinski definition) is 3. The Balaban J connectivity index is 2.47. The number of carbonyl (C=O) groups is 1. The van der Waals surface area contributed by atoms with Gasteiger partial charge in [-0.05, 0) is 25.0 Å². The third-order valence-electron chi connectivity index (χ3n) is 2.21. The van der Waals surface area contributed by atoms with Gasteiger partial charge in [0, 0.05) is 13.0 Å². The Morgan fingerprint density at radius 3 is 2.80 bits per heavy atom. The van der Waals surface area contributed by atoms with Crippen LogP contribution in [0.3, 0.4) is 0 Å². The molecular weight excluding hydrogens is 190 g/mol. The summed E-state index contributed by atoms with van der Waals surface area (Å²) in [6, 6.07) is 5.76. The second-order valence-electron chi connectivity index (χ2n) is 3.54. The standard InChI is InChI=1S/C11H17N3O/c1-8-4-2-5-9(12)11(8)14-7-3-6-10(13)15/h2,4-5,14H,3,6-7,12H2,1H3,(H2,13,15). The summed E-state index contributed by atoms with van der Waals surface area (Å²) >= 11 is 0. The fourth-order valence-corrected chi connectivity index (χ4v) is 1.41. The van der Waals surface area contributed by atoms with Gasteiger partial charge in [0.1, 0.15) is 0 Å². The molecule has 0 bridgehead atoms. The lowest BCUT2D eigenvalue weighted by atomic mass is 10.1. The second kappa shape index (κ2) is 5.24. The van der Waals surface area contributed by atoms with Gasteiger partial charge in [-0.25, -0.2) is 0 Å². The Kier molecular flexibility index (Phi) is 3.97. The van der Waals surface area contributed by atoms with Crippen molar-refractivity contribution < 1.29 is 4.79 Å². The molecule has 1 rings (SSSR count). The molecule has 0 aliphatic rings. The van der Waals surface area contributed by atoms with Gasteiger partial charge >= 0.3 is 0 Å². The van der Waals surface area contributed by atoms with Crippen molar-refractivity contribution in [2.24, 2.45) is 5.73 Å². The molecule has 0 aromatic heterocycles. The van der Waals surface area contributed by atoms with Crippen molar-refractivity contribution in [1.29, 1.82) is 0 Å². The molecule has 1 aromatic carbocycles. The van der Waals surface area contributed by atoms with Gasteiger partial charge < -0.3 is 16.8 Å². The van der Waals surface area contributed by atoms with Crippen LogP contribution in [0, 0.1) is 6.92 Å². The maximum atomic E-state index is 10.5. The van der Waals surface area contributed by atoms with E-state index >= 15 is 0 Å². The number of nitrogen functional groups attached to an aromatic ring is 1. The molecule has 0 fully saturated rings. The number of anilines is 2. The van der Waals surface area contributed by atoms with Crippen LogP contribution in [0.25, 0.3) is 0 Å². The molecule has 4 heteroatoms. The normalized spacial score (nSPS) is 9.93. The van der Waals surface area contributed by atoms with Gasteiger partial charge in [0.2, 0.25) is 5.91 Å². The zero-order valence-corrected chi connectivity index (χ0v) is 8.92. The zero-order valence-electron chi connectivity index (χ0n) is 8.92. The van der Waals surface area contributed by atoms with Crippen LogP contribution in [-0.4, -0.2) is 12.5 Å². The van der Waals surface area contributed by atoms with Crippen LogP contribution in [0.1, 0.15) is 18.4 Å². The fourth-order valence-electron chi connectivity index (χ4n) is 1.41. The number of carbonyl (C=O) groups excluding carboxylic acids is 1. The Morgan fingerprint density at radius 1 is 1.47 bits per heavy atom. The number of nitrogens with one attached hydrogen (secondary N) is 1. The van der Waals surface area contributed by atoms with E-state index in [1.54, 1.807) is 0 Å². The molecule has 0 aliphatic heterocycles. The van der Waals surface area contributed by atoms with Crippen LogP contribution in [0.4, 0.5) is 11.4 Å². The Bertz CT molecular complexity index is 329. The molecule has 0 aliphatic carbocycles. The summed E-state index contributed by atoms with van der Waals surface area (Å²) in [5.41, 5.74) is 13.6. The van der Waals surface area contributed by atoms with Gasteiger partial charge in [-0.15, -0.1) is 0 Å². The topological polar surface area (TPSA) is 81.1 Å². The van der Waals surface area contributed by atoms with E-state index < -0.39 is 0 Å². The van der Waals surface area contributed by atoms with Crippen molar-refractivity contribution in [2.45, 2.75) is 19.8 Å². The van der Waals surface area contributed by atoms with E-state index in [9.17, 15) is 4.79 Å². The number of nitrogens with two attached hydrogens (primary N) is 2. The minimum atomic E-state index is -0.269. The average molecular weight is 207 g/mol. The van der Waals surface area contributed by atoms with Gasteiger partial charge in [-0.3, -0.25) is 4.79 Å². The molecule has 0 unspecified atom stereocenters. The number of primary amides is 1. The third kappa shape index (κ3) is 3.50. The molecule has 82 valence electrons. The highest BCUT2D eigenvalue weighted by Gasteiger charge is 2.01. The molecule has 0 saturated heterocycles. The third-order valence-corrected chi connectivity index (χ3v) is 2.21. The molecule has 0 atom stereocenters. The smallest absolute Gasteiger partial charge is 0.217 e. The summed E-state index contributed by atoms with van der Waals surface area (Å²) in [5.74, 6) is -0.269. The monoisotopic (exact) mass is 207 g/mol. The quantitative estimate of drug-likeness (QED) is 0.502. The van der Waals surface area contributed by atoms with Gasteiger partial charge in [0.15, 0.2) is 0 Å². The first-order valence-electron chi connectivity index (χ1n) is 4.98. The van der Waals surface area contributed by atoms with E-state index in [0.717, 1.165) is 23.4 Å². The van der Waals surface area contributed by atoms with Crippen molar-refractivity contribution in [3.8, 4) is 0 Å². The molecule has 0 spiro atoms. The number of rotatable bonds is 5. The Labute approximate surface area is 89.6 Å². The number of para-hydroxylation sites is 1. The lowest BCUT2D eigenvalue weighted by Gasteiger charge is -2.11. The minimum absolute atomic E-state index is 0.269. The number of aryl methyl sites for hydroxylation is 1. The molecule has 0 saturated carbocycles. The maximum Gasteiger partial charge on any atom is 0.217 e. The maximum absolute atomic E-state index is 10.5. The largest absolute Gasteiger partial charge is 0.397 e. The molecular formula is C11H17N3O. The van der Waals surface area contributed by atoms with Crippen molar-refractivity contribution in [1.82, 2.24) is 0 Å². The fraction of sp³-hybridized carbons (Fsp3) is 0.364. The van der Waals surface area contributed by atoms with Gasteiger partial charge in [0.05, 0.1) is 11.4 Å². The van der Waals surface area contributed by atoms with Crippen LogP contribution in [0.2, 0.25) is 0 Å². The molecule has 5 N–H and O–H groups in total. The summed E-state index contributed by atoms with van der Waals surface area (Å²) in [7, 11) is 0. The molecule has 15 heavy (non-hydrogen) atoms. The van der Waals surface area contributed by atoms with E-state index in [0.29, 0.717) is 13.0 Å². The SMILES string of the molecule is Cc1cccc(N)c1NCCCC(N)=O. The van der Waals surface area contributed by atoms with Crippen LogP contribution in [-0.2, 0) is 4.79 Å². The molecule has 0 heterocycles.